The maximum atomic E-state index is 13.0. The molecule has 0 unspecified atom stereocenters. The van der Waals surface area contributed by atoms with Gasteiger partial charge in [-0.15, -0.1) is 0 Å². The molecule has 0 aliphatic heterocycles. The summed E-state index contributed by atoms with van der Waals surface area (Å²) < 4.78 is 13.0. The highest BCUT2D eigenvalue weighted by Crippen LogP contribution is 2.23. The second kappa shape index (κ2) is 6.13. The molecular formula is C17H19FN2O2. The van der Waals surface area contributed by atoms with Crippen LogP contribution in [0.1, 0.15) is 46.0 Å². The number of aromatic nitrogens is 1. The Morgan fingerprint density at radius 2 is 1.77 bits per heavy atom. The van der Waals surface area contributed by atoms with Gasteiger partial charge in [-0.05, 0) is 57.5 Å². The van der Waals surface area contributed by atoms with Crippen molar-refractivity contribution in [2.24, 2.45) is 0 Å². The molecule has 2 rings (SSSR count). The van der Waals surface area contributed by atoms with Crippen molar-refractivity contribution >= 4 is 17.4 Å². The molecule has 2 aromatic rings. The van der Waals surface area contributed by atoms with E-state index in [-0.39, 0.29) is 17.5 Å². The Balaban J connectivity index is 2.43. The van der Waals surface area contributed by atoms with E-state index in [0.29, 0.717) is 34.7 Å². The van der Waals surface area contributed by atoms with Gasteiger partial charge < -0.3 is 9.88 Å². The number of carbonyl (C=O) groups is 2. The highest BCUT2D eigenvalue weighted by Gasteiger charge is 2.24. The number of hydrogen-bond donors (Lipinski definition) is 1. The average molecular weight is 302 g/mol. The summed E-state index contributed by atoms with van der Waals surface area (Å²) in [5.74, 6) is -0.657. The van der Waals surface area contributed by atoms with Crippen LogP contribution in [-0.4, -0.2) is 23.2 Å². The van der Waals surface area contributed by atoms with Crippen LogP contribution >= 0.6 is 0 Å². The number of rotatable bonds is 4. The molecule has 0 fully saturated rings. The fourth-order valence-corrected chi connectivity index (χ4v) is 2.69. The lowest BCUT2D eigenvalue weighted by atomic mass is 10.1. The van der Waals surface area contributed by atoms with E-state index in [2.05, 4.69) is 4.98 Å². The number of halogens is 1. The normalized spacial score (nSPS) is 10.6. The number of Topliss-reactive ketones (excluding diaryl/α,β-unsaturated/α-hetero) is 1. The molecule has 5 heteroatoms. The molecule has 0 saturated heterocycles. The number of anilines is 1. The van der Waals surface area contributed by atoms with Crippen LogP contribution in [0.3, 0.4) is 0 Å². The Morgan fingerprint density at radius 1 is 1.18 bits per heavy atom. The van der Waals surface area contributed by atoms with Gasteiger partial charge in [0.05, 0.1) is 0 Å². The number of H-pyrrole nitrogens is 1. The lowest BCUT2D eigenvalue weighted by molar-refractivity contribution is 0.0983. The van der Waals surface area contributed by atoms with E-state index in [1.54, 1.807) is 30.9 Å². The summed E-state index contributed by atoms with van der Waals surface area (Å²) in [6.07, 6.45) is 0. The van der Waals surface area contributed by atoms with E-state index in [0.717, 1.165) is 0 Å². The summed E-state index contributed by atoms with van der Waals surface area (Å²) in [5.41, 5.74) is 2.90. The van der Waals surface area contributed by atoms with Crippen LogP contribution in [0.5, 0.6) is 0 Å². The second-order valence-corrected chi connectivity index (χ2v) is 5.21. The first kappa shape index (κ1) is 15.9. The molecule has 1 aromatic heterocycles. The predicted octanol–water partition coefficient (Wildman–Crippen LogP) is 3.64. The van der Waals surface area contributed by atoms with Crippen LogP contribution < -0.4 is 4.90 Å². The minimum absolute atomic E-state index is 0.0740. The number of carbonyl (C=O) groups excluding carboxylic acids is 2. The standard InChI is InChI=1S/C17H19FN2O2/c1-5-20(14-8-6-13(18)7-9-14)17(22)16-10(2)15(12(4)21)11(3)19-16/h6-9,19H,5H2,1-4H3. The quantitative estimate of drug-likeness (QED) is 0.877. The molecule has 0 aliphatic rings. The van der Waals surface area contributed by atoms with E-state index >= 15 is 0 Å². The molecule has 116 valence electrons. The van der Waals surface area contributed by atoms with Crippen molar-refractivity contribution in [3.63, 3.8) is 0 Å². The van der Waals surface area contributed by atoms with Crippen LogP contribution in [-0.2, 0) is 0 Å². The molecule has 4 nitrogen and oxygen atoms in total. The molecule has 1 amide bonds. The summed E-state index contributed by atoms with van der Waals surface area (Å²) in [5, 5.41) is 0. The SMILES string of the molecule is CCN(C(=O)c1[nH]c(C)c(C(C)=O)c1C)c1ccc(F)cc1. The molecule has 0 spiro atoms. The largest absolute Gasteiger partial charge is 0.354 e. The smallest absolute Gasteiger partial charge is 0.274 e. The topological polar surface area (TPSA) is 53.2 Å². The number of aryl methyl sites for hydroxylation is 1. The molecule has 0 atom stereocenters. The van der Waals surface area contributed by atoms with E-state index < -0.39 is 0 Å². The number of hydrogen-bond acceptors (Lipinski definition) is 2. The summed E-state index contributed by atoms with van der Waals surface area (Å²) in [6, 6.07) is 5.76. The van der Waals surface area contributed by atoms with Crippen LogP contribution in [0, 0.1) is 19.7 Å². The lowest BCUT2D eigenvalue weighted by Gasteiger charge is -2.21. The fraction of sp³-hybridized carbons (Fsp3) is 0.294. The Hall–Kier alpha value is -2.43. The zero-order valence-electron chi connectivity index (χ0n) is 13.2. The van der Waals surface area contributed by atoms with E-state index in [1.165, 1.54) is 19.1 Å². The van der Waals surface area contributed by atoms with Crippen molar-refractivity contribution in [1.82, 2.24) is 4.98 Å². The second-order valence-electron chi connectivity index (χ2n) is 5.21. The van der Waals surface area contributed by atoms with Crippen molar-refractivity contribution in [2.75, 3.05) is 11.4 Å². The van der Waals surface area contributed by atoms with Crippen LogP contribution in [0.25, 0.3) is 0 Å². The number of nitrogens with zero attached hydrogens (tertiary/aromatic N) is 1. The first-order chi connectivity index (χ1) is 10.4. The molecule has 1 N–H and O–H groups in total. The molecule has 1 aromatic carbocycles. The van der Waals surface area contributed by atoms with Crippen molar-refractivity contribution < 1.29 is 14.0 Å². The number of nitrogens with one attached hydrogen (secondary N) is 1. The zero-order chi connectivity index (χ0) is 16.4. The van der Waals surface area contributed by atoms with Crippen LogP contribution in [0.2, 0.25) is 0 Å². The number of benzene rings is 1. The van der Waals surface area contributed by atoms with Gasteiger partial charge in [0.15, 0.2) is 5.78 Å². The van der Waals surface area contributed by atoms with Crippen LogP contribution in [0.15, 0.2) is 24.3 Å². The fourth-order valence-electron chi connectivity index (χ4n) is 2.69. The van der Waals surface area contributed by atoms with Gasteiger partial charge in [-0.3, -0.25) is 9.59 Å². The molecule has 0 saturated carbocycles. The van der Waals surface area contributed by atoms with Gasteiger partial charge in [-0.1, -0.05) is 0 Å². The molecule has 1 heterocycles. The number of ketones is 1. The summed E-state index contributed by atoms with van der Waals surface area (Å²) in [6.45, 7) is 7.30. The van der Waals surface area contributed by atoms with Crippen LogP contribution in [0.4, 0.5) is 10.1 Å². The van der Waals surface area contributed by atoms with E-state index in [9.17, 15) is 14.0 Å². The third-order valence-electron chi connectivity index (χ3n) is 3.70. The van der Waals surface area contributed by atoms with E-state index in [4.69, 9.17) is 0 Å². The van der Waals surface area contributed by atoms with Gasteiger partial charge in [0, 0.05) is 23.5 Å². The molecule has 0 aliphatic carbocycles. The molecule has 22 heavy (non-hydrogen) atoms. The van der Waals surface area contributed by atoms with Gasteiger partial charge in [0.2, 0.25) is 0 Å². The van der Waals surface area contributed by atoms with Gasteiger partial charge in [0.1, 0.15) is 11.5 Å². The van der Waals surface area contributed by atoms with Gasteiger partial charge >= 0.3 is 0 Å². The predicted molar refractivity (Wildman–Crippen MR) is 84.0 cm³/mol. The Labute approximate surface area is 129 Å². The summed E-state index contributed by atoms with van der Waals surface area (Å²) >= 11 is 0. The van der Waals surface area contributed by atoms with Crippen molar-refractivity contribution in [1.29, 1.82) is 0 Å². The summed E-state index contributed by atoms with van der Waals surface area (Å²) in [7, 11) is 0. The average Bonchev–Trinajstić information content (AvgIpc) is 2.76. The minimum atomic E-state index is -0.349. The number of amides is 1. The van der Waals surface area contributed by atoms with Crippen molar-refractivity contribution in [2.45, 2.75) is 27.7 Å². The Bertz CT molecular complexity index is 717. The third-order valence-corrected chi connectivity index (χ3v) is 3.70. The molecular weight excluding hydrogens is 283 g/mol. The van der Waals surface area contributed by atoms with Crippen molar-refractivity contribution in [3.8, 4) is 0 Å². The maximum absolute atomic E-state index is 13.0. The lowest BCUT2D eigenvalue weighted by Crippen LogP contribution is -2.31. The Kier molecular flexibility index (Phi) is 4.45. The van der Waals surface area contributed by atoms with Gasteiger partial charge in [-0.2, -0.15) is 0 Å². The van der Waals surface area contributed by atoms with Crippen molar-refractivity contribution in [3.05, 3.63) is 52.6 Å². The monoisotopic (exact) mass is 302 g/mol. The minimum Gasteiger partial charge on any atom is -0.354 e. The number of aromatic amines is 1. The molecule has 0 radical (unpaired) electrons. The van der Waals surface area contributed by atoms with Gasteiger partial charge in [-0.25, -0.2) is 4.39 Å². The highest BCUT2D eigenvalue weighted by molar-refractivity contribution is 6.08. The molecule has 0 bridgehead atoms. The first-order valence-corrected chi connectivity index (χ1v) is 7.14. The third kappa shape index (κ3) is 2.79. The van der Waals surface area contributed by atoms with E-state index in [1.807, 2.05) is 6.92 Å². The highest BCUT2D eigenvalue weighted by atomic mass is 19.1. The zero-order valence-corrected chi connectivity index (χ0v) is 13.2. The summed E-state index contributed by atoms with van der Waals surface area (Å²) in [4.78, 5) is 29.0. The first-order valence-electron chi connectivity index (χ1n) is 7.14. The van der Waals surface area contributed by atoms with Gasteiger partial charge in [0.25, 0.3) is 5.91 Å². The maximum Gasteiger partial charge on any atom is 0.274 e. The Morgan fingerprint density at radius 3 is 2.23 bits per heavy atom.